The van der Waals surface area contributed by atoms with Crippen LogP contribution in [0.1, 0.15) is 33.6 Å². The largest absolute Gasteiger partial charge is 0.480 e. The molecule has 0 aliphatic carbocycles. The number of carbonyl (C=O) groups excluding carboxylic acids is 1. The Morgan fingerprint density at radius 3 is 1.93 bits per heavy atom. The van der Waals surface area contributed by atoms with E-state index >= 15 is 0 Å². The van der Waals surface area contributed by atoms with Gasteiger partial charge in [-0.15, -0.1) is 0 Å². The first-order valence-corrected chi connectivity index (χ1v) is 4.62. The highest BCUT2D eigenvalue weighted by molar-refractivity contribution is 5.98. The Bertz CT molecular complexity index is 213. The second kappa shape index (κ2) is 7.89. The molecule has 0 aliphatic rings. The minimum absolute atomic E-state index is 0. The van der Waals surface area contributed by atoms with Crippen molar-refractivity contribution in [2.75, 3.05) is 6.61 Å². The molecule has 0 radical (unpaired) electrons. The van der Waals surface area contributed by atoms with Crippen LogP contribution in [-0.2, 0) is 19.4 Å². The molecule has 5 nitrogen and oxygen atoms in total. The van der Waals surface area contributed by atoms with Crippen LogP contribution in [0.4, 0.5) is 0 Å². The number of carboxylic acid groups (broad SMARTS) is 1. The van der Waals surface area contributed by atoms with Crippen molar-refractivity contribution in [2.24, 2.45) is 5.41 Å². The zero-order valence-electron chi connectivity index (χ0n) is 8.70. The molecule has 0 spiro atoms. The predicted molar refractivity (Wildman–Crippen MR) is 56.9 cm³/mol. The number of carbonyl (C=O) groups is 2. The fraction of sp³-hybridized carbons (Fsp3) is 0.778. The predicted octanol–water partition coefficient (Wildman–Crippen LogP) is 0.456. The molecule has 0 atom stereocenters. The summed E-state index contributed by atoms with van der Waals surface area (Å²) in [6.07, 6.45) is 0.371. The Morgan fingerprint density at radius 2 is 1.67 bits per heavy atom. The Kier molecular flexibility index (Phi) is 8.98. The molecular weight excluding hydrogens is 212 g/mol. The standard InChI is InChI=1S/C9H16O5.Mg.2H/c1-4-9(5-2,7(10)11)8(12)14-13-6-3;;;/h4-6H2,1-3H3,(H,10,11);;;. The van der Waals surface area contributed by atoms with Crippen LogP contribution >= 0.6 is 0 Å². The number of rotatable bonds is 6. The number of carboxylic acids is 1. The third-order valence-electron chi connectivity index (χ3n) is 2.26. The van der Waals surface area contributed by atoms with Crippen LogP contribution in [0.2, 0.25) is 0 Å². The van der Waals surface area contributed by atoms with Crippen molar-refractivity contribution in [1.82, 2.24) is 0 Å². The smallest absolute Gasteiger partial charge is 0.359 e. The quantitative estimate of drug-likeness (QED) is 0.311. The lowest BCUT2D eigenvalue weighted by Gasteiger charge is -2.22. The van der Waals surface area contributed by atoms with Crippen molar-refractivity contribution in [3.63, 3.8) is 0 Å². The summed E-state index contributed by atoms with van der Waals surface area (Å²) >= 11 is 0. The van der Waals surface area contributed by atoms with Gasteiger partial charge in [0.15, 0.2) is 5.41 Å². The van der Waals surface area contributed by atoms with E-state index in [0.29, 0.717) is 0 Å². The van der Waals surface area contributed by atoms with Crippen LogP contribution in [0, 0.1) is 5.41 Å². The van der Waals surface area contributed by atoms with Gasteiger partial charge < -0.3 is 5.11 Å². The molecular formula is C9H18MgO5. The van der Waals surface area contributed by atoms with E-state index in [1.165, 1.54) is 0 Å². The van der Waals surface area contributed by atoms with E-state index < -0.39 is 17.4 Å². The van der Waals surface area contributed by atoms with Crippen molar-refractivity contribution in [3.05, 3.63) is 0 Å². The maximum atomic E-state index is 11.4. The lowest BCUT2D eigenvalue weighted by atomic mass is 9.83. The molecule has 0 saturated carbocycles. The SMILES string of the molecule is CCOOC(=O)C(CC)(CC)C(=O)O.[MgH2]. The van der Waals surface area contributed by atoms with Gasteiger partial charge >= 0.3 is 35.0 Å². The number of hydrogen-bond donors (Lipinski definition) is 1. The summed E-state index contributed by atoms with van der Waals surface area (Å²) in [6, 6.07) is 0. The van der Waals surface area contributed by atoms with Crippen molar-refractivity contribution < 1.29 is 24.5 Å². The van der Waals surface area contributed by atoms with Crippen molar-refractivity contribution in [2.45, 2.75) is 33.6 Å². The van der Waals surface area contributed by atoms with E-state index in [2.05, 4.69) is 9.78 Å². The van der Waals surface area contributed by atoms with Crippen LogP contribution < -0.4 is 0 Å². The fourth-order valence-electron chi connectivity index (χ4n) is 1.12. The van der Waals surface area contributed by atoms with Gasteiger partial charge in [-0.05, 0) is 19.8 Å². The third kappa shape index (κ3) is 3.96. The Hall–Kier alpha value is -0.334. The van der Waals surface area contributed by atoms with Gasteiger partial charge in [-0.3, -0.25) is 9.68 Å². The highest BCUT2D eigenvalue weighted by atomic mass is 24.3. The van der Waals surface area contributed by atoms with Gasteiger partial charge in [0.1, 0.15) is 0 Å². The van der Waals surface area contributed by atoms with Gasteiger partial charge in [-0.1, -0.05) is 13.8 Å². The molecule has 15 heavy (non-hydrogen) atoms. The van der Waals surface area contributed by atoms with Crippen LogP contribution in [0.5, 0.6) is 0 Å². The molecule has 1 N–H and O–H groups in total. The summed E-state index contributed by atoms with van der Waals surface area (Å²) in [4.78, 5) is 31.2. The van der Waals surface area contributed by atoms with Gasteiger partial charge in [-0.2, -0.15) is 4.89 Å². The van der Waals surface area contributed by atoms with E-state index in [4.69, 9.17) is 5.11 Å². The highest BCUT2D eigenvalue weighted by Gasteiger charge is 2.45. The van der Waals surface area contributed by atoms with Crippen molar-refractivity contribution in [1.29, 1.82) is 0 Å². The Labute approximate surface area is 105 Å². The van der Waals surface area contributed by atoms with E-state index in [0.717, 1.165) is 0 Å². The molecule has 0 aromatic heterocycles. The maximum Gasteiger partial charge on any atom is 0.359 e. The lowest BCUT2D eigenvalue weighted by Crippen LogP contribution is -2.39. The molecule has 0 amide bonds. The topological polar surface area (TPSA) is 72.8 Å². The maximum absolute atomic E-state index is 11.4. The van der Waals surface area contributed by atoms with E-state index in [1.807, 2.05) is 0 Å². The zero-order chi connectivity index (χ0) is 11.2. The van der Waals surface area contributed by atoms with Gasteiger partial charge in [0, 0.05) is 0 Å². The van der Waals surface area contributed by atoms with E-state index in [-0.39, 0.29) is 42.5 Å². The monoisotopic (exact) mass is 230 g/mol. The molecule has 0 bridgehead atoms. The molecule has 6 heteroatoms. The van der Waals surface area contributed by atoms with Crippen LogP contribution in [-0.4, -0.2) is 46.7 Å². The average Bonchev–Trinajstić information content (AvgIpc) is 2.17. The number of aliphatic carboxylic acids is 1. The minimum atomic E-state index is -1.48. The molecule has 0 saturated heterocycles. The first-order valence-electron chi connectivity index (χ1n) is 4.62. The zero-order valence-corrected chi connectivity index (χ0v) is 8.70. The first-order chi connectivity index (χ1) is 6.55. The normalized spacial score (nSPS) is 10.3. The molecule has 0 rings (SSSR count). The Morgan fingerprint density at radius 1 is 1.20 bits per heavy atom. The molecule has 0 fully saturated rings. The molecule has 0 heterocycles. The molecule has 0 aromatic carbocycles. The average molecular weight is 231 g/mol. The third-order valence-corrected chi connectivity index (χ3v) is 2.26. The summed E-state index contributed by atoms with van der Waals surface area (Å²) in [5.74, 6) is -2.01. The van der Waals surface area contributed by atoms with Crippen molar-refractivity contribution >= 4 is 35.0 Å². The second-order valence-electron chi connectivity index (χ2n) is 2.87. The summed E-state index contributed by atoms with van der Waals surface area (Å²) in [5, 5.41) is 8.94. The molecule has 0 unspecified atom stereocenters. The number of hydrogen-bond acceptors (Lipinski definition) is 4. The summed E-state index contributed by atoms with van der Waals surface area (Å²) in [6.45, 7) is 5.11. The molecule has 86 valence electrons. The van der Waals surface area contributed by atoms with Crippen LogP contribution in [0.15, 0.2) is 0 Å². The van der Waals surface area contributed by atoms with Gasteiger partial charge in [0.05, 0.1) is 6.61 Å². The van der Waals surface area contributed by atoms with Crippen LogP contribution in [0.25, 0.3) is 0 Å². The van der Waals surface area contributed by atoms with E-state index in [9.17, 15) is 9.59 Å². The Balaban J connectivity index is 0. The second-order valence-corrected chi connectivity index (χ2v) is 2.87. The van der Waals surface area contributed by atoms with Gasteiger partial charge in [-0.25, -0.2) is 4.79 Å². The van der Waals surface area contributed by atoms with Gasteiger partial charge in [0.25, 0.3) is 0 Å². The fourth-order valence-corrected chi connectivity index (χ4v) is 1.12. The summed E-state index contributed by atoms with van der Waals surface area (Å²) < 4.78 is 0. The highest BCUT2D eigenvalue weighted by Crippen LogP contribution is 2.28. The first kappa shape index (κ1) is 17.1. The van der Waals surface area contributed by atoms with E-state index in [1.54, 1.807) is 20.8 Å². The minimum Gasteiger partial charge on any atom is -0.480 e. The van der Waals surface area contributed by atoms with Crippen molar-refractivity contribution in [3.8, 4) is 0 Å². The van der Waals surface area contributed by atoms with Crippen LogP contribution in [0.3, 0.4) is 0 Å². The van der Waals surface area contributed by atoms with Gasteiger partial charge in [0.2, 0.25) is 0 Å². The molecule has 0 aromatic rings. The summed E-state index contributed by atoms with van der Waals surface area (Å²) in [7, 11) is 0. The molecule has 0 aliphatic heterocycles. The lowest BCUT2D eigenvalue weighted by molar-refractivity contribution is -0.278. The summed E-state index contributed by atoms with van der Waals surface area (Å²) in [5.41, 5.74) is -1.48.